The molecule has 10 heteroatoms. The van der Waals surface area contributed by atoms with Gasteiger partial charge >= 0.3 is 6.18 Å². The maximum absolute atomic E-state index is 13.2. The molecule has 0 amide bonds. The third-order valence-corrected chi connectivity index (χ3v) is 3.98. The summed E-state index contributed by atoms with van der Waals surface area (Å²) in [5.74, 6) is 0.756. The van der Waals surface area contributed by atoms with E-state index in [1.165, 1.54) is 0 Å². The number of benzene rings is 1. The number of alkyl halides is 3. The summed E-state index contributed by atoms with van der Waals surface area (Å²) < 4.78 is 50.1. The first-order valence-electron chi connectivity index (χ1n) is 8.26. The molecule has 0 saturated carbocycles. The predicted molar refractivity (Wildman–Crippen MR) is 92.2 cm³/mol. The summed E-state index contributed by atoms with van der Waals surface area (Å²) in [7, 11) is 0. The average Bonchev–Trinajstić information content (AvgIpc) is 3.06. The zero-order valence-electron chi connectivity index (χ0n) is 14.7. The molecule has 0 spiro atoms. The Bertz CT molecular complexity index is 814. The van der Waals surface area contributed by atoms with Crippen LogP contribution in [0.25, 0.3) is 0 Å². The van der Waals surface area contributed by atoms with Crippen molar-refractivity contribution < 1.29 is 27.8 Å². The first-order valence-corrected chi connectivity index (χ1v) is 8.26. The number of rotatable bonds is 6. The van der Waals surface area contributed by atoms with Crippen molar-refractivity contribution in [3.8, 4) is 11.5 Å². The number of halogens is 3. The number of aromatic nitrogens is 2. The van der Waals surface area contributed by atoms with Gasteiger partial charge in [-0.3, -0.25) is 0 Å². The Kier molecular flexibility index (Phi) is 5.26. The minimum Gasteiger partial charge on any atom is -0.454 e. The lowest BCUT2D eigenvalue weighted by Crippen LogP contribution is -2.30. The summed E-state index contributed by atoms with van der Waals surface area (Å²) in [6.45, 7) is 3.49. The molecular formula is C17H19F3N4O3. The number of aliphatic hydroxyl groups is 1. The Balaban J connectivity index is 1.90. The summed E-state index contributed by atoms with van der Waals surface area (Å²) in [5.41, 5.74) is -0.608. The number of hydrogen-bond donors (Lipinski definition) is 3. The first kappa shape index (κ1) is 19.0. The normalized spacial score (nSPS) is 14.3. The SMILES string of the molecule is CC(C)[C@@H](CO)Nc1nc(Nc2ccc3c(c2)OCO3)cc(C(F)(F)F)n1. The van der Waals surface area contributed by atoms with Crippen molar-refractivity contribution >= 4 is 17.5 Å². The highest BCUT2D eigenvalue weighted by Crippen LogP contribution is 2.36. The van der Waals surface area contributed by atoms with Crippen LogP contribution in [-0.2, 0) is 6.18 Å². The van der Waals surface area contributed by atoms with Crippen molar-refractivity contribution in [2.45, 2.75) is 26.1 Å². The summed E-state index contributed by atoms with van der Waals surface area (Å²) in [5, 5.41) is 15.0. The largest absolute Gasteiger partial charge is 0.454 e. The second kappa shape index (κ2) is 7.47. The Labute approximate surface area is 153 Å². The third kappa shape index (κ3) is 4.51. The lowest BCUT2D eigenvalue weighted by atomic mass is 10.1. The first-order chi connectivity index (χ1) is 12.8. The minimum atomic E-state index is -4.64. The van der Waals surface area contributed by atoms with Crippen molar-refractivity contribution in [1.29, 1.82) is 0 Å². The highest BCUT2D eigenvalue weighted by atomic mass is 19.4. The van der Waals surface area contributed by atoms with Crippen molar-refractivity contribution in [2.24, 2.45) is 5.92 Å². The lowest BCUT2D eigenvalue weighted by Gasteiger charge is -2.21. The van der Waals surface area contributed by atoms with E-state index in [0.717, 1.165) is 6.07 Å². The van der Waals surface area contributed by atoms with Gasteiger partial charge in [0.05, 0.1) is 12.6 Å². The fraction of sp³-hybridized carbons (Fsp3) is 0.412. The zero-order chi connectivity index (χ0) is 19.6. The van der Waals surface area contributed by atoms with Crippen LogP contribution in [-0.4, -0.2) is 34.5 Å². The summed E-state index contributed by atoms with van der Waals surface area (Å²) >= 11 is 0. The van der Waals surface area contributed by atoms with Gasteiger partial charge in [-0.05, 0) is 18.1 Å². The predicted octanol–water partition coefficient (Wildman–Crippen LogP) is 3.40. The van der Waals surface area contributed by atoms with E-state index in [9.17, 15) is 18.3 Å². The standard InChI is InChI=1S/C17H19F3N4O3/c1-9(2)11(7-25)22-16-23-14(17(18,19)20)6-15(24-16)21-10-3-4-12-13(5-10)27-8-26-12/h3-6,9,11,25H,7-8H2,1-2H3,(H2,21,22,23,24)/t11-/m1/s1. The fourth-order valence-electron chi connectivity index (χ4n) is 2.43. The van der Waals surface area contributed by atoms with Crippen molar-refractivity contribution in [1.82, 2.24) is 9.97 Å². The van der Waals surface area contributed by atoms with E-state index < -0.39 is 17.9 Å². The molecule has 0 saturated heterocycles. The molecule has 2 aromatic rings. The number of aliphatic hydroxyl groups excluding tert-OH is 1. The van der Waals surface area contributed by atoms with E-state index in [4.69, 9.17) is 9.47 Å². The van der Waals surface area contributed by atoms with Gasteiger partial charge in [0, 0.05) is 17.8 Å². The van der Waals surface area contributed by atoms with Crippen LogP contribution in [0.5, 0.6) is 11.5 Å². The van der Waals surface area contributed by atoms with Gasteiger partial charge in [0.25, 0.3) is 0 Å². The van der Waals surface area contributed by atoms with E-state index in [0.29, 0.717) is 17.2 Å². The molecule has 1 aliphatic heterocycles. The fourth-order valence-corrected chi connectivity index (χ4v) is 2.43. The second-order valence-corrected chi connectivity index (χ2v) is 6.33. The maximum Gasteiger partial charge on any atom is 0.433 e. The van der Waals surface area contributed by atoms with E-state index in [2.05, 4.69) is 20.6 Å². The van der Waals surface area contributed by atoms with Gasteiger partial charge in [0.1, 0.15) is 5.82 Å². The molecule has 7 nitrogen and oxygen atoms in total. The van der Waals surface area contributed by atoms with E-state index in [1.807, 2.05) is 13.8 Å². The van der Waals surface area contributed by atoms with Gasteiger partial charge in [-0.25, -0.2) is 4.98 Å². The zero-order valence-corrected chi connectivity index (χ0v) is 14.7. The molecule has 0 unspecified atom stereocenters. The van der Waals surface area contributed by atoms with E-state index in [1.54, 1.807) is 18.2 Å². The summed E-state index contributed by atoms with van der Waals surface area (Å²) in [6.07, 6.45) is -4.64. The lowest BCUT2D eigenvalue weighted by molar-refractivity contribution is -0.141. The molecule has 27 heavy (non-hydrogen) atoms. The van der Waals surface area contributed by atoms with Gasteiger partial charge < -0.3 is 25.2 Å². The second-order valence-electron chi connectivity index (χ2n) is 6.33. The molecule has 1 aliphatic rings. The molecule has 0 fully saturated rings. The van der Waals surface area contributed by atoms with Gasteiger partial charge in [-0.2, -0.15) is 18.2 Å². The molecule has 1 aromatic carbocycles. The van der Waals surface area contributed by atoms with Crippen LogP contribution < -0.4 is 20.1 Å². The number of hydrogen-bond acceptors (Lipinski definition) is 7. The van der Waals surface area contributed by atoms with Gasteiger partial charge in [0.15, 0.2) is 17.2 Å². The number of nitrogens with zero attached hydrogens (tertiary/aromatic N) is 2. The van der Waals surface area contributed by atoms with Gasteiger partial charge in [0.2, 0.25) is 12.7 Å². The number of ether oxygens (including phenoxy) is 2. The number of fused-ring (bicyclic) bond motifs is 1. The Morgan fingerprint density at radius 1 is 1.15 bits per heavy atom. The molecule has 1 aromatic heterocycles. The topological polar surface area (TPSA) is 88.5 Å². The Morgan fingerprint density at radius 2 is 1.89 bits per heavy atom. The maximum atomic E-state index is 13.2. The van der Waals surface area contributed by atoms with Gasteiger partial charge in [-0.1, -0.05) is 13.8 Å². The van der Waals surface area contributed by atoms with Crippen LogP contribution in [0.3, 0.4) is 0 Å². The summed E-state index contributed by atoms with van der Waals surface area (Å²) in [6, 6.07) is 5.23. The molecule has 2 heterocycles. The number of anilines is 3. The molecule has 146 valence electrons. The molecule has 0 radical (unpaired) electrons. The quantitative estimate of drug-likeness (QED) is 0.703. The van der Waals surface area contributed by atoms with Crippen LogP contribution >= 0.6 is 0 Å². The molecular weight excluding hydrogens is 365 g/mol. The average molecular weight is 384 g/mol. The molecule has 1 atom stereocenters. The molecule has 0 aliphatic carbocycles. The van der Waals surface area contributed by atoms with Crippen LogP contribution in [0.15, 0.2) is 24.3 Å². The van der Waals surface area contributed by atoms with Crippen LogP contribution in [0.2, 0.25) is 0 Å². The van der Waals surface area contributed by atoms with Crippen LogP contribution in [0, 0.1) is 5.92 Å². The number of nitrogens with one attached hydrogen (secondary N) is 2. The third-order valence-electron chi connectivity index (χ3n) is 3.98. The highest BCUT2D eigenvalue weighted by Gasteiger charge is 2.34. The van der Waals surface area contributed by atoms with Gasteiger partial charge in [-0.15, -0.1) is 0 Å². The van der Waals surface area contributed by atoms with Crippen molar-refractivity contribution in [3.63, 3.8) is 0 Å². The molecule has 0 bridgehead atoms. The monoisotopic (exact) mass is 384 g/mol. The molecule has 3 rings (SSSR count). The van der Waals surface area contributed by atoms with Crippen molar-refractivity contribution in [3.05, 3.63) is 30.0 Å². The van der Waals surface area contributed by atoms with E-state index >= 15 is 0 Å². The highest BCUT2D eigenvalue weighted by molar-refractivity contribution is 5.62. The van der Waals surface area contributed by atoms with Crippen LogP contribution in [0.4, 0.5) is 30.6 Å². The summed E-state index contributed by atoms with van der Waals surface area (Å²) in [4.78, 5) is 7.62. The van der Waals surface area contributed by atoms with Crippen LogP contribution in [0.1, 0.15) is 19.5 Å². The van der Waals surface area contributed by atoms with E-state index in [-0.39, 0.29) is 31.1 Å². The smallest absolute Gasteiger partial charge is 0.433 e. The Morgan fingerprint density at radius 3 is 2.56 bits per heavy atom. The van der Waals surface area contributed by atoms with Crippen molar-refractivity contribution in [2.75, 3.05) is 24.0 Å². The minimum absolute atomic E-state index is 0.0292. The molecule has 3 N–H and O–H groups in total. The Hall–Kier alpha value is -2.75.